The number of carbonyl (C=O) groups is 1. The Morgan fingerprint density at radius 1 is 1.26 bits per heavy atom. The van der Waals surface area contributed by atoms with E-state index in [-0.39, 0.29) is 5.56 Å². The third-order valence-corrected chi connectivity index (χ3v) is 3.20. The molecule has 0 unspecified atom stereocenters. The van der Waals surface area contributed by atoms with E-state index in [4.69, 9.17) is 0 Å². The second-order valence-electron chi connectivity index (χ2n) is 4.30. The first-order valence-corrected chi connectivity index (χ1v) is 6.64. The Morgan fingerprint density at radius 3 is 2.74 bits per heavy atom. The van der Waals surface area contributed by atoms with E-state index in [1.807, 2.05) is 31.2 Å². The monoisotopic (exact) mass is 321 g/mol. The lowest BCUT2D eigenvalue weighted by atomic mass is 10.1. The molecule has 1 amide bonds. The Kier molecular flexibility index (Phi) is 4.32. The molecule has 0 atom stereocenters. The van der Waals surface area contributed by atoms with Gasteiger partial charge in [0.15, 0.2) is 0 Å². The van der Waals surface area contributed by atoms with Gasteiger partial charge in [0, 0.05) is 11.0 Å². The van der Waals surface area contributed by atoms with Crippen molar-refractivity contribution < 1.29 is 9.18 Å². The molecule has 2 nitrogen and oxygen atoms in total. The van der Waals surface area contributed by atoms with Crippen LogP contribution < -0.4 is 5.32 Å². The maximum Gasteiger partial charge on any atom is 0.254 e. The van der Waals surface area contributed by atoms with E-state index in [9.17, 15) is 9.18 Å². The lowest BCUT2D eigenvalue weighted by Crippen LogP contribution is -2.23. The van der Waals surface area contributed by atoms with Crippen molar-refractivity contribution in [3.63, 3.8) is 0 Å². The van der Waals surface area contributed by atoms with Gasteiger partial charge in [-0.1, -0.05) is 45.8 Å². The summed E-state index contributed by atoms with van der Waals surface area (Å²) < 4.78 is 14.2. The van der Waals surface area contributed by atoms with Crippen molar-refractivity contribution in [3.05, 3.63) is 69.4 Å². The molecule has 0 aliphatic heterocycles. The maximum atomic E-state index is 13.6. The SMILES string of the molecule is Cc1cccc(CNC(=O)c2ccc(Br)cc2F)c1. The van der Waals surface area contributed by atoms with Gasteiger partial charge < -0.3 is 5.32 Å². The lowest BCUT2D eigenvalue weighted by molar-refractivity contribution is 0.0947. The molecule has 1 N–H and O–H groups in total. The standard InChI is InChI=1S/C15H13BrFNO/c1-10-3-2-4-11(7-10)9-18-15(19)13-6-5-12(16)8-14(13)17/h2-8H,9H2,1H3,(H,18,19). The fourth-order valence-electron chi connectivity index (χ4n) is 1.77. The molecule has 0 aliphatic carbocycles. The third-order valence-electron chi connectivity index (χ3n) is 2.71. The lowest BCUT2D eigenvalue weighted by Gasteiger charge is -2.07. The highest BCUT2D eigenvalue weighted by Crippen LogP contribution is 2.15. The van der Waals surface area contributed by atoms with Crippen LogP contribution in [0.5, 0.6) is 0 Å². The van der Waals surface area contributed by atoms with E-state index in [1.165, 1.54) is 12.1 Å². The summed E-state index contributed by atoms with van der Waals surface area (Å²) in [7, 11) is 0. The molecule has 19 heavy (non-hydrogen) atoms. The van der Waals surface area contributed by atoms with Gasteiger partial charge in [0.05, 0.1) is 5.56 Å². The van der Waals surface area contributed by atoms with Crippen molar-refractivity contribution in [3.8, 4) is 0 Å². The quantitative estimate of drug-likeness (QED) is 0.914. The van der Waals surface area contributed by atoms with E-state index < -0.39 is 11.7 Å². The van der Waals surface area contributed by atoms with Gasteiger partial charge in [-0.2, -0.15) is 0 Å². The van der Waals surface area contributed by atoms with Crippen molar-refractivity contribution in [1.29, 1.82) is 0 Å². The van der Waals surface area contributed by atoms with E-state index in [0.29, 0.717) is 11.0 Å². The molecule has 4 heteroatoms. The number of halogens is 2. The van der Waals surface area contributed by atoms with Crippen LogP contribution in [0.2, 0.25) is 0 Å². The summed E-state index contributed by atoms with van der Waals surface area (Å²) in [5.74, 6) is -0.942. The Hall–Kier alpha value is -1.68. The Morgan fingerprint density at radius 2 is 2.05 bits per heavy atom. The zero-order valence-electron chi connectivity index (χ0n) is 10.4. The molecule has 0 saturated heterocycles. The summed E-state index contributed by atoms with van der Waals surface area (Å²) in [6.45, 7) is 2.37. The normalized spacial score (nSPS) is 10.3. The first-order chi connectivity index (χ1) is 9.06. The number of hydrogen-bond donors (Lipinski definition) is 1. The fourth-order valence-corrected chi connectivity index (χ4v) is 2.11. The van der Waals surface area contributed by atoms with Crippen LogP contribution in [0, 0.1) is 12.7 Å². The fraction of sp³-hybridized carbons (Fsp3) is 0.133. The zero-order chi connectivity index (χ0) is 13.8. The number of rotatable bonds is 3. The molecular weight excluding hydrogens is 309 g/mol. The molecule has 2 aromatic carbocycles. The van der Waals surface area contributed by atoms with Gasteiger partial charge in [-0.15, -0.1) is 0 Å². The molecule has 0 aromatic heterocycles. The van der Waals surface area contributed by atoms with Crippen molar-refractivity contribution >= 4 is 21.8 Å². The van der Waals surface area contributed by atoms with E-state index >= 15 is 0 Å². The maximum absolute atomic E-state index is 13.6. The smallest absolute Gasteiger partial charge is 0.254 e. The highest BCUT2D eigenvalue weighted by Gasteiger charge is 2.11. The molecule has 2 aromatic rings. The molecule has 0 aliphatic rings. The third kappa shape index (κ3) is 3.64. The topological polar surface area (TPSA) is 29.1 Å². The summed E-state index contributed by atoms with van der Waals surface area (Å²) in [5, 5.41) is 2.71. The first kappa shape index (κ1) is 13.7. The number of amides is 1. The Balaban J connectivity index is 2.05. The number of benzene rings is 2. The van der Waals surface area contributed by atoms with Crippen molar-refractivity contribution in [2.75, 3.05) is 0 Å². The van der Waals surface area contributed by atoms with Crippen LogP contribution in [0.1, 0.15) is 21.5 Å². The molecule has 98 valence electrons. The molecular formula is C15H13BrFNO. The molecule has 0 saturated carbocycles. The number of nitrogens with one attached hydrogen (secondary N) is 1. The second kappa shape index (κ2) is 5.97. The van der Waals surface area contributed by atoms with Crippen LogP contribution >= 0.6 is 15.9 Å². The van der Waals surface area contributed by atoms with Gasteiger partial charge in [-0.05, 0) is 30.7 Å². The molecule has 0 spiro atoms. The zero-order valence-corrected chi connectivity index (χ0v) is 12.0. The minimum absolute atomic E-state index is 0.0517. The van der Waals surface area contributed by atoms with Crippen LogP contribution in [0.15, 0.2) is 46.9 Å². The van der Waals surface area contributed by atoms with Crippen LogP contribution in [-0.4, -0.2) is 5.91 Å². The largest absolute Gasteiger partial charge is 0.348 e. The summed E-state index contributed by atoms with van der Waals surface area (Å²) in [6, 6.07) is 12.2. The Labute approximate surface area is 119 Å². The van der Waals surface area contributed by atoms with Crippen molar-refractivity contribution in [2.45, 2.75) is 13.5 Å². The van der Waals surface area contributed by atoms with Crippen molar-refractivity contribution in [2.24, 2.45) is 0 Å². The molecule has 0 radical (unpaired) electrons. The average molecular weight is 322 g/mol. The summed E-state index contributed by atoms with van der Waals surface area (Å²) in [6.07, 6.45) is 0. The predicted octanol–water partition coefficient (Wildman–Crippen LogP) is 3.83. The predicted molar refractivity (Wildman–Crippen MR) is 76.4 cm³/mol. The molecule has 0 heterocycles. The van der Waals surface area contributed by atoms with Gasteiger partial charge >= 0.3 is 0 Å². The van der Waals surface area contributed by atoms with E-state index in [2.05, 4.69) is 21.2 Å². The van der Waals surface area contributed by atoms with Gasteiger partial charge in [-0.25, -0.2) is 4.39 Å². The summed E-state index contributed by atoms with van der Waals surface area (Å²) in [5.41, 5.74) is 2.17. The minimum atomic E-state index is -0.531. The molecule has 2 rings (SSSR count). The minimum Gasteiger partial charge on any atom is -0.348 e. The average Bonchev–Trinajstić information content (AvgIpc) is 2.36. The van der Waals surface area contributed by atoms with Crippen LogP contribution in [0.3, 0.4) is 0 Å². The number of aryl methyl sites for hydroxylation is 1. The molecule has 0 fully saturated rings. The van der Waals surface area contributed by atoms with Gasteiger partial charge in [-0.3, -0.25) is 4.79 Å². The Bertz CT molecular complexity index is 613. The van der Waals surface area contributed by atoms with Gasteiger partial charge in [0.1, 0.15) is 5.82 Å². The first-order valence-electron chi connectivity index (χ1n) is 5.85. The van der Waals surface area contributed by atoms with Crippen LogP contribution in [0.25, 0.3) is 0 Å². The van der Waals surface area contributed by atoms with Crippen LogP contribution in [0.4, 0.5) is 4.39 Å². The van der Waals surface area contributed by atoms with Gasteiger partial charge in [0.25, 0.3) is 5.91 Å². The summed E-state index contributed by atoms with van der Waals surface area (Å²) in [4.78, 5) is 11.9. The number of hydrogen-bond acceptors (Lipinski definition) is 1. The molecule has 0 bridgehead atoms. The van der Waals surface area contributed by atoms with Crippen molar-refractivity contribution in [1.82, 2.24) is 5.32 Å². The highest BCUT2D eigenvalue weighted by atomic mass is 79.9. The number of carbonyl (C=O) groups excluding carboxylic acids is 1. The van der Waals surface area contributed by atoms with Crippen LogP contribution in [-0.2, 0) is 6.54 Å². The van der Waals surface area contributed by atoms with E-state index in [1.54, 1.807) is 6.07 Å². The van der Waals surface area contributed by atoms with E-state index in [0.717, 1.165) is 11.1 Å². The summed E-state index contributed by atoms with van der Waals surface area (Å²) >= 11 is 3.16. The second-order valence-corrected chi connectivity index (χ2v) is 5.21. The van der Waals surface area contributed by atoms with Gasteiger partial charge in [0.2, 0.25) is 0 Å². The highest BCUT2D eigenvalue weighted by molar-refractivity contribution is 9.10.